The second-order valence-electron chi connectivity index (χ2n) is 6.84. The molecule has 0 bridgehead atoms. The maximum atomic E-state index is 13.1. The Labute approximate surface area is 170 Å². The fourth-order valence-electron chi connectivity index (χ4n) is 3.00. The first kappa shape index (κ1) is 22.2. The van der Waals surface area contributed by atoms with E-state index in [9.17, 15) is 20.0 Å². The molecule has 1 aromatic heterocycles. The first-order valence-corrected chi connectivity index (χ1v) is 9.57. The smallest absolute Gasteiger partial charge is 0.271 e. The second-order valence-corrected chi connectivity index (χ2v) is 6.84. The monoisotopic (exact) mass is 398 g/mol. The Hall–Kier alpha value is -3.11. The number of aromatic nitrogens is 1. The Balaban J connectivity index is 2.46. The first-order valence-electron chi connectivity index (χ1n) is 9.57. The molecule has 2 rings (SSSR count). The number of ketones is 1. The van der Waals surface area contributed by atoms with Crippen molar-refractivity contribution in [2.24, 2.45) is 0 Å². The third-order valence-electron chi connectivity index (χ3n) is 4.39. The number of carbonyl (C=O) groups is 1. The topological polar surface area (TPSA) is 102 Å². The predicted octanol–water partition coefficient (Wildman–Crippen LogP) is 3.18. The summed E-state index contributed by atoms with van der Waals surface area (Å²) in [5.74, 6) is -0.280. The van der Waals surface area contributed by atoms with Crippen molar-refractivity contribution < 1.29 is 19.4 Å². The van der Waals surface area contributed by atoms with E-state index in [-0.39, 0.29) is 29.3 Å². The van der Waals surface area contributed by atoms with Gasteiger partial charge in [0.2, 0.25) is 5.88 Å². The zero-order valence-corrected chi connectivity index (χ0v) is 17.2. The van der Waals surface area contributed by atoms with Crippen molar-refractivity contribution >= 4 is 5.78 Å². The van der Waals surface area contributed by atoms with Crippen molar-refractivity contribution in [3.05, 3.63) is 56.9 Å². The van der Waals surface area contributed by atoms with Crippen LogP contribution in [0.15, 0.2) is 29.1 Å². The van der Waals surface area contributed by atoms with Crippen molar-refractivity contribution in [2.75, 3.05) is 13.2 Å². The highest BCUT2D eigenvalue weighted by Gasteiger charge is 2.24. The summed E-state index contributed by atoms with van der Waals surface area (Å²) in [4.78, 5) is 25.7. The first-order chi connectivity index (χ1) is 13.8. The van der Waals surface area contributed by atoms with E-state index in [4.69, 9.17) is 9.47 Å². The average molecular weight is 398 g/mol. The average Bonchev–Trinajstić information content (AvgIpc) is 2.67. The molecule has 0 spiro atoms. The lowest BCUT2D eigenvalue weighted by Crippen LogP contribution is -2.27. The fraction of sp³-hybridized carbons (Fsp3) is 0.409. The maximum Gasteiger partial charge on any atom is 0.271 e. The van der Waals surface area contributed by atoms with Gasteiger partial charge >= 0.3 is 0 Å². The molecule has 29 heavy (non-hydrogen) atoms. The van der Waals surface area contributed by atoms with Gasteiger partial charge in [-0.3, -0.25) is 14.2 Å². The van der Waals surface area contributed by atoms with Crippen molar-refractivity contribution in [1.82, 2.24) is 4.57 Å². The summed E-state index contributed by atoms with van der Waals surface area (Å²) >= 11 is 0. The van der Waals surface area contributed by atoms with Gasteiger partial charge in [0.1, 0.15) is 17.4 Å². The number of ether oxygens (including phenoxy) is 2. The largest absolute Gasteiger partial charge is 0.494 e. The van der Waals surface area contributed by atoms with Crippen LogP contribution in [0.5, 0.6) is 11.6 Å². The maximum absolute atomic E-state index is 13.1. The van der Waals surface area contributed by atoms with Crippen molar-refractivity contribution in [2.45, 2.75) is 46.8 Å². The van der Waals surface area contributed by atoms with Crippen LogP contribution in [0, 0.1) is 18.3 Å². The Morgan fingerprint density at radius 2 is 1.93 bits per heavy atom. The van der Waals surface area contributed by atoms with Crippen molar-refractivity contribution in [1.29, 1.82) is 5.26 Å². The number of hydrogen-bond donors (Lipinski definition) is 1. The minimum atomic E-state index is -0.615. The normalized spacial score (nSPS) is 10.8. The van der Waals surface area contributed by atoms with Gasteiger partial charge in [-0.15, -0.1) is 0 Å². The molecule has 0 aliphatic heterocycles. The van der Waals surface area contributed by atoms with Crippen LogP contribution in [0.4, 0.5) is 0 Å². The minimum Gasteiger partial charge on any atom is -0.494 e. The highest BCUT2D eigenvalue weighted by molar-refractivity contribution is 6.11. The molecule has 7 heteroatoms. The fourth-order valence-corrected chi connectivity index (χ4v) is 3.00. The van der Waals surface area contributed by atoms with Gasteiger partial charge in [-0.05, 0) is 63.9 Å². The Kier molecular flexibility index (Phi) is 7.57. The highest BCUT2D eigenvalue weighted by Crippen LogP contribution is 2.26. The SMILES string of the molecule is CCOCCCn1c(O)c(C(=O)c2ccc(OC(C)C)cc2)c(C)c(C#N)c1=O. The van der Waals surface area contributed by atoms with E-state index in [0.29, 0.717) is 30.9 Å². The number of rotatable bonds is 9. The van der Waals surface area contributed by atoms with E-state index < -0.39 is 17.2 Å². The van der Waals surface area contributed by atoms with E-state index >= 15 is 0 Å². The number of pyridine rings is 1. The number of hydrogen-bond acceptors (Lipinski definition) is 6. The summed E-state index contributed by atoms with van der Waals surface area (Å²) in [5.41, 5.74) is -0.319. The lowest BCUT2D eigenvalue weighted by molar-refractivity contribution is 0.103. The summed E-state index contributed by atoms with van der Waals surface area (Å²) in [6.07, 6.45) is 0.464. The molecular weight excluding hydrogens is 372 g/mol. The molecule has 2 aromatic rings. The lowest BCUT2D eigenvalue weighted by atomic mass is 9.97. The standard InChI is InChI=1S/C22H26N2O5/c1-5-28-12-6-11-24-21(26)18(13-23)15(4)19(22(24)27)20(25)16-7-9-17(10-8-16)29-14(2)3/h7-10,14,27H,5-6,11-12H2,1-4H3. The molecule has 0 aliphatic carbocycles. The zero-order chi connectivity index (χ0) is 21.6. The van der Waals surface area contributed by atoms with Crippen LogP contribution >= 0.6 is 0 Å². The molecule has 1 aromatic carbocycles. The summed E-state index contributed by atoms with van der Waals surface area (Å²) < 4.78 is 11.9. The molecule has 0 saturated heterocycles. The van der Waals surface area contributed by atoms with Crippen molar-refractivity contribution in [3.8, 4) is 17.7 Å². The number of nitrogens with zero attached hydrogens (tertiary/aromatic N) is 2. The molecule has 0 fully saturated rings. The third-order valence-corrected chi connectivity index (χ3v) is 4.39. The van der Waals surface area contributed by atoms with E-state index in [0.717, 1.165) is 4.57 Å². The van der Waals surface area contributed by atoms with E-state index in [2.05, 4.69) is 0 Å². The van der Waals surface area contributed by atoms with Crippen LogP contribution in [0.2, 0.25) is 0 Å². The number of carbonyl (C=O) groups excluding carboxylic acids is 1. The van der Waals surface area contributed by atoms with Gasteiger partial charge in [-0.2, -0.15) is 5.26 Å². The molecular formula is C22H26N2O5. The number of nitriles is 1. The quantitative estimate of drug-likeness (QED) is 0.514. The van der Waals surface area contributed by atoms with Gasteiger partial charge in [0.25, 0.3) is 5.56 Å². The van der Waals surface area contributed by atoms with E-state index in [1.165, 1.54) is 6.92 Å². The molecule has 1 N–H and O–H groups in total. The molecule has 7 nitrogen and oxygen atoms in total. The summed E-state index contributed by atoms with van der Waals surface area (Å²) in [5, 5.41) is 20.1. The molecule has 1 heterocycles. The molecule has 0 radical (unpaired) electrons. The van der Waals surface area contributed by atoms with Crippen LogP contribution in [-0.4, -0.2) is 34.8 Å². The van der Waals surface area contributed by atoms with Crippen LogP contribution in [0.25, 0.3) is 0 Å². The van der Waals surface area contributed by atoms with Gasteiger partial charge in [-0.25, -0.2) is 0 Å². The van der Waals surface area contributed by atoms with Crippen molar-refractivity contribution in [3.63, 3.8) is 0 Å². The van der Waals surface area contributed by atoms with Gasteiger partial charge in [0.15, 0.2) is 5.78 Å². The lowest BCUT2D eigenvalue weighted by Gasteiger charge is -2.16. The van der Waals surface area contributed by atoms with Gasteiger partial charge < -0.3 is 14.6 Å². The molecule has 0 saturated carbocycles. The van der Waals surface area contributed by atoms with Crippen LogP contribution in [0.3, 0.4) is 0 Å². The zero-order valence-electron chi connectivity index (χ0n) is 17.2. The van der Waals surface area contributed by atoms with Gasteiger partial charge in [0, 0.05) is 25.3 Å². The number of aromatic hydroxyl groups is 1. The summed E-state index contributed by atoms with van der Waals surface area (Å²) in [6.45, 7) is 8.24. The van der Waals surface area contributed by atoms with E-state index in [1.807, 2.05) is 26.8 Å². The number of benzene rings is 1. The van der Waals surface area contributed by atoms with E-state index in [1.54, 1.807) is 24.3 Å². The van der Waals surface area contributed by atoms with Gasteiger partial charge in [-0.1, -0.05) is 0 Å². The summed E-state index contributed by atoms with van der Waals surface area (Å²) in [7, 11) is 0. The predicted molar refractivity (Wildman–Crippen MR) is 109 cm³/mol. The molecule has 0 unspecified atom stereocenters. The Bertz CT molecular complexity index is 969. The molecule has 0 aliphatic rings. The Morgan fingerprint density at radius 3 is 2.48 bits per heavy atom. The van der Waals surface area contributed by atoms with Gasteiger partial charge in [0.05, 0.1) is 11.7 Å². The molecule has 0 amide bonds. The van der Waals surface area contributed by atoms with Crippen LogP contribution < -0.4 is 10.3 Å². The Morgan fingerprint density at radius 1 is 1.28 bits per heavy atom. The second kappa shape index (κ2) is 9.89. The third kappa shape index (κ3) is 5.04. The van der Waals surface area contributed by atoms with Crippen LogP contribution in [0.1, 0.15) is 54.2 Å². The molecule has 154 valence electrons. The minimum absolute atomic E-state index is 0.00118. The molecule has 0 atom stereocenters. The summed E-state index contributed by atoms with van der Waals surface area (Å²) in [6, 6.07) is 8.39. The highest BCUT2D eigenvalue weighted by atomic mass is 16.5. The van der Waals surface area contributed by atoms with Crippen LogP contribution in [-0.2, 0) is 11.3 Å².